The van der Waals surface area contributed by atoms with Crippen LogP contribution in [0.15, 0.2) is 30.3 Å². The molecule has 2 fully saturated rings. The summed E-state index contributed by atoms with van der Waals surface area (Å²) in [6.07, 6.45) is 1.09. The fourth-order valence-electron chi connectivity index (χ4n) is 3.60. The molecule has 0 aromatic heterocycles. The van der Waals surface area contributed by atoms with E-state index in [1.54, 1.807) is 4.90 Å². The average molecular weight is 346 g/mol. The quantitative estimate of drug-likeness (QED) is 0.810. The third kappa shape index (κ3) is 4.02. The van der Waals surface area contributed by atoms with Gasteiger partial charge in [0.1, 0.15) is 6.61 Å². The highest BCUT2D eigenvalue weighted by atomic mass is 16.5. The number of nitrogens with zero attached hydrogens (tertiary/aromatic N) is 2. The van der Waals surface area contributed by atoms with Gasteiger partial charge in [-0.15, -0.1) is 0 Å². The van der Waals surface area contributed by atoms with Crippen LogP contribution in [0.5, 0.6) is 0 Å². The zero-order chi connectivity index (χ0) is 17.7. The van der Waals surface area contributed by atoms with Crippen LogP contribution in [0.25, 0.3) is 0 Å². The average Bonchev–Trinajstić information content (AvgIpc) is 3.06. The molecule has 6 heteroatoms. The van der Waals surface area contributed by atoms with Gasteiger partial charge in [0.2, 0.25) is 11.8 Å². The third-order valence-electron chi connectivity index (χ3n) is 5.00. The molecule has 0 N–H and O–H groups in total. The van der Waals surface area contributed by atoms with Crippen molar-refractivity contribution < 1.29 is 19.1 Å². The first-order valence-electron chi connectivity index (χ1n) is 8.92. The number of carbonyl (C=O) groups excluding carboxylic acids is 2. The molecule has 1 aromatic rings. The van der Waals surface area contributed by atoms with Gasteiger partial charge < -0.3 is 19.3 Å². The highest BCUT2D eigenvalue weighted by Crippen LogP contribution is 2.32. The van der Waals surface area contributed by atoms with Crippen molar-refractivity contribution in [1.29, 1.82) is 0 Å². The Kier molecular flexibility index (Phi) is 5.71. The molecule has 2 heterocycles. The van der Waals surface area contributed by atoms with Crippen LogP contribution < -0.4 is 0 Å². The Balaban J connectivity index is 1.82. The summed E-state index contributed by atoms with van der Waals surface area (Å²) < 4.78 is 10.9. The Bertz CT molecular complexity index is 599. The third-order valence-corrected chi connectivity index (χ3v) is 5.00. The van der Waals surface area contributed by atoms with Crippen LogP contribution in [0.3, 0.4) is 0 Å². The Morgan fingerprint density at radius 3 is 2.80 bits per heavy atom. The van der Waals surface area contributed by atoms with Crippen molar-refractivity contribution in [2.45, 2.75) is 31.8 Å². The molecular weight excluding hydrogens is 320 g/mol. The van der Waals surface area contributed by atoms with E-state index in [1.807, 2.05) is 42.2 Å². The van der Waals surface area contributed by atoms with E-state index >= 15 is 0 Å². The summed E-state index contributed by atoms with van der Waals surface area (Å²) in [5, 5.41) is 0. The second kappa shape index (κ2) is 7.97. The lowest BCUT2D eigenvalue weighted by atomic mass is 9.94. The lowest BCUT2D eigenvalue weighted by Crippen LogP contribution is -2.56. The van der Waals surface area contributed by atoms with E-state index in [2.05, 4.69) is 0 Å². The second-order valence-electron chi connectivity index (χ2n) is 6.69. The topological polar surface area (TPSA) is 59.1 Å². The van der Waals surface area contributed by atoms with Crippen LogP contribution in [0.1, 0.15) is 25.3 Å². The molecule has 136 valence electrons. The van der Waals surface area contributed by atoms with Crippen molar-refractivity contribution in [3.8, 4) is 0 Å². The summed E-state index contributed by atoms with van der Waals surface area (Å²) >= 11 is 0. The van der Waals surface area contributed by atoms with Gasteiger partial charge in [-0.2, -0.15) is 0 Å². The van der Waals surface area contributed by atoms with Crippen molar-refractivity contribution >= 4 is 11.8 Å². The number of amides is 2. The van der Waals surface area contributed by atoms with Crippen molar-refractivity contribution in [3.05, 3.63) is 35.9 Å². The van der Waals surface area contributed by atoms with Crippen LogP contribution in [0, 0.1) is 0 Å². The Hall–Kier alpha value is -1.92. The molecule has 0 radical (unpaired) electrons. The maximum Gasteiger partial charge on any atom is 0.248 e. The maximum absolute atomic E-state index is 12.9. The molecule has 2 aliphatic rings. The van der Waals surface area contributed by atoms with Gasteiger partial charge in [0.15, 0.2) is 0 Å². The van der Waals surface area contributed by atoms with E-state index in [0.29, 0.717) is 45.9 Å². The normalized spacial score (nSPS) is 24.0. The monoisotopic (exact) mass is 346 g/mol. The fourth-order valence-corrected chi connectivity index (χ4v) is 3.60. The molecule has 25 heavy (non-hydrogen) atoms. The highest BCUT2D eigenvalue weighted by Gasteiger charge is 2.46. The minimum absolute atomic E-state index is 0.0533. The first kappa shape index (κ1) is 17.9. The van der Waals surface area contributed by atoms with Crippen molar-refractivity contribution in [1.82, 2.24) is 9.80 Å². The highest BCUT2D eigenvalue weighted by molar-refractivity contribution is 5.81. The molecule has 2 aliphatic heterocycles. The molecule has 1 aromatic carbocycles. The predicted molar refractivity (Wildman–Crippen MR) is 92.8 cm³/mol. The molecule has 1 atom stereocenters. The summed E-state index contributed by atoms with van der Waals surface area (Å²) in [4.78, 5) is 29.0. The van der Waals surface area contributed by atoms with Gasteiger partial charge in [-0.3, -0.25) is 9.59 Å². The number of benzene rings is 1. The van der Waals surface area contributed by atoms with E-state index in [0.717, 1.165) is 12.0 Å². The van der Waals surface area contributed by atoms with Gasteiger partial charge in [-0.1, -0.05) is 30.3 Å². The fraction of sp³-hybridized carbons (Fsp3) is 0.579. The first-order chi connectivity index (χ1) is 12.1. The lowest BCUT2D eigenvalue weighted by Gasteiger charge is -2.40. The standard InChI is InChI=1S/C19H26N2O4/c1-2-24-13-18(23)20-10-8-17(22)21(12-16-6-4-3-5-7-16)19(14-20)9-11-25-15-19/h3-7H,2,8-15H2,1H3. The number of carbonyl (C=O) groups is 2. The molecular formula is C19H26N2O4. The number of ether oxygens (including phenoxy) is 2. The van der Waals surface area contributed by atoms with Gasteiger partial charge >= 0.3 is 0 Å². The molecule has 1 spiro atoms. The van der Waals surface area contributed by atoms with Crippen LogP contribution >= 0.6 is 0 Å². The van der Waals surface area contributed by atoms with E-state index in [4.69, 9.17) is 9.47 Å². The van der Waals surface area contributed by atoms with Gasteiger partial charge in [0.05, 0.1) is 12.1 Å². The summed E-state index contributed by atoms with van der Waals surface area (Å²) in [5.74, 6) is 0.0311. The van der Waals surface area contributed by atoms with E-state index < -0.39 is 5.54 Å². The number of rotatable bonds is 5. The minimum atomic E-state index is -0.439. The van der Waals surface area contributed by atoms with E-state index in [-0.39, 0.29) is 18.4 Å². The Morgan fingerprint density at radius 2 is 2.12 bits per heavy atom. The van der Waals surface area contributed by atoms with Gasteiger partial charge in [-0.05, 0) is 18.9 Å². The summed E-state index contributed by atoms with van der Waals surface area (Å²) in [6.45, 7) is 5.04. The largest absolute Gasteiger partial charge is 0.379 e. The Morgan fingerprint density at radius 1 is 1.32 bits per heavy atom. The van der Waals surface area contributed by atoms with Crippen molar-refractivity contribution in [3.63, 3.8) is 0 Å². The number of hydrogen-bond donors (Lipinski definition) is 0. The lowest BCUT2D eigenvalue weighted by molar-refractivity contribution is -0.140. The molecule has 0 aliphatic carbocycles. The van der Waals surface area contributed by atoms with Crippen LogP contribution in [-0.2, 0) is 25.6 Å². The molecule has 2 amide bonds. The molecule has 0 bridgehead atoms. The SMILES string of the molecule is CCOCC(=O)N1CCC(=O)N(Cc2ccccc2)C2(CCOC2)C1. The van der Waals surface area contributed by atoms with Crippen LogP contribution in [-0.4, -0.2) is 66.7 Å². The van der Waals surface area contributed by atoms with Gasteiger partial charge in [0, 0.05) is 39.3 Å². The van der Waals surface area contributed by atoms with Crippen molar-refractivity contribution in [2.24, 2.45) is 0 Å². The molecule has 6 nitrogen and oxygen atoms in total. The van der Waals surface area contributed by atoms with E-state index in [9.17, 15) is 9.59 Å². The minimum Gasteiger partial charge on any atom is -0.379 e. The summed E-state index contributed by atoms with van der Waals surface area (Å²) in [7, 11) is 0. The van der Waals surface area contributed by atoms with E-state index in [1.165, 1.54) is 0 Å². The van der Waals surface area contributed by atoms with Crippen LogP contribution in [0.4, 0.5) is 0 Å². The predicted octanol–water partition coefficient (Wildman–Crippen LogP) is 1.44. The van der Waals surface area contributed by atoms with Crippen molar-refractivity contribution in [2.75, 3.05) is 39.5 Å². The zero-order valence-electron chi connectivity index (χ0n) is 14.8. The molecule has 0 saturated carbocycles. The molecule has 2 saturated heterocycles. The number of hydrogen-bond acceptors (Lipinski definition) is 4. The Labute approximate surface area is 148 Å². The van der Waals surface area contributed by atoms with Crippen LogP contribution in [0.2, 0.25) is 0 Å². The molecule has 3 rings (SSSR count). The maximum atomic E-state index is 12.9. The zero-order valence-corrected chi connectivity index (χ0v) is 14.8. The van der Waals surface area contributed by atoms with Gasteiger partial charge in [-0.25, -0.2) is 0 Å². The summed E-state index contributed by atoms with van der Waals surface area (Å²) in [6, 6.07) is 9.98. The first-order valence-corrected chi connectivity index (χ1v) is 8.92. The van der Waals surface area contributed by atoms with Gasteiger partial charge in [0.25, 0.3) is 0 Å². The smallest absolute Gasteiger partial charge is 0.248 e. The summed E-state index contributed by atoms with van der Waals surface area (Å²) in [5.41, 5.74) is 0.655. The second-order valence-corrected chi connectivity index (χ2v) is 6.69. The molecule has 1 unspecified atom stereocenters.